The molecular formula is C28H26Cl2N4O. The van der Waals surface area contributed by atoms with Crippen molar-refractivity contribution < 1.29 is 4.79 Å². The Kier molecular flexibility index (Phi) is 5.31. The number of hydrogen-bond acceptors (Lipinski definition) is 4. The van der Waals surface area contributed by atoms with Crippen LogP contribution in [-0.2, 0) is 11.2 Å². The molecule has 0 unspecified atom stereocenters. The van der Waals surface area contributed by atoms with Crippen molar-refractivity contribution >= 4 is 51.9 Å². The highest BCUT2D eigenvalue weighted by Gasteiger charge is 2.60. The van der Waals surface area contributed by atoms with Crippen LogP contribution in [-0.4, -0.2) is 37.3 Å². The van der Waals surface area contributed by atoms with Crippen LogP contribution in [0, 0.1) is 12.3 Å². The van der Waals surface area contributed by atoms with Crippen LogP contribution in [0.3, 0.4) is 0 Å². The Morgan fingerprint density at radius 3 is 2.46 bits per heavy atom. The van der Waals surface area contributed by atoms with E-state index in [0.29, 0.717) is 23.0 Å². The Hall–Kier alpha value is -3.02. The van der Waals surface area contributed by atoms with E-state index >= 15 is 0 Å². The van der Waals surface area contributed by atoms with Crippen LogP contribution in [0.2, 0.25) is 10.0 Å². The van der Waals surface area contributed by atoms with Crippen molar-refractivity contribution in [2.24, 2.45) is 10.5 Å². The number of hydrogen-bond donors (Lipinski definition) is 0. The van der Waals surface area contributed by atoms with Crippen molar-refractivity contribution in [1.82, 2.24) is 0 Å². The fourth-order valence-electron chi connectivity index (χ4n) is 5.85. The topological polar surface area (TPSA) is 39.2 Å². The van der Waals surface area contributed by atoms with Crippen LogP contribution < -0.4 is 14.8 Å². The molecule has 3 aromatic rings. The number of halogens is 2. The molecule has 0 bridgehead atoms. The molecule has 1 fully saturated rings. The SMILES string of the molecule is CC1=NN(c2ccc(C)cc2)C(=O)[C@@]12Cc1ccc(Cl)cc1N1CCN(c3cccc(Cl)c3)C[C@H]12. The smallest absolute Gasteiger partial charge is 0.261 e. The lowest BCUT2D eigenvalue weighted by atomic mass is 9.67. The number of amides is 1. The zero-order valence-corrected chi connectivity index (χ0v) is 21.2. The molecule has 7 heteroatoms. The molecule has 5 nitrogen and oxygen atoms in total. The summed E-state index contributed by atoms with van der Waals surface area (Å²) in [6, 6.07) is 21.8. The molecule has 1 amide bonds. The summed E-state index contributed by atoms with van der Waals surface area (Å²) in [4.78, 5) is 19.0. The molecule has 0 aliphatic carbocycles. The number of piperazine rings is 1. The zero-order chi connectivity index (χ0) is 24.3. The number of hydrazone groups is 1. The molecule has 0 saturated carbocycles. The van der Waals surface area contributed by atoms with Gasteiger partial charge in [0.2, 0.25) is 0 Å². The molecule has 3 heterocycles. The molecule has 6 rings (SSSR count). The first-order valence-electron chi connectivity index (χ1n) is 11.9. The summed E-state index contributed by atoms with van der Waals surface area (Å²) >= 11 is 12.7. The monoisotopic (exact) mass is 504 g/mol. The summed E-state index contributed by atoms with van der Waals surface area (Å²) < 4.78 is 0. The van der Waals surface area contributed by atoms with Gasteiger partial charge in [0.25, 0.3) is 5.91 Å². The van der Waals surface area contributed by atoms with Gasteiger partial charge in [-0.2, -0.15) is 10.1 Å². The molecule has 178 valence electrons. The predicted octanol–water partition coefficient (Wildman–Crippen LogP) is 5.96. The first kappa shape index (κ1) is 22.4. The third-order valence-electron chi connectivity index (χ3n) is 7.70. The van der Waals surface area contributed by atoms with Gasteiger partial charge in [-0.1, -0.05) is 53.0 Å². The lowest BCUT2D eigenvalue weighted by Crippen LogP contribution is -2.67. The lowest BCUT2D eigenvalue weighted by molar-refractivity contribution is -0.125. The summed E-state index contributed by atoms with van der Waals surface area (Å²) in [6.07, 6.45) is 0.598. The minimum absolute atomic E-state index is 0.0300. The van der Waals surface area contributed by atoms with Crippen LogP contribution in [0.25, 0.3) is 0 Å². The lowest BCUT2D eigenvalue weighted by Gasteiger charge is -2.53. The number of anilines is 3. The van der Waals surface area contributed by atoms with Gasteiger partial charge in [0.05, 0.1) is 17.4 Å². The standard InChI is InChI=1S/C28H26Cl2N4O/c1-18-6-10-23(11-7-18)34-27(35)28(19(2)31-34)16-20-8-9-22(30)15-25(20)33-13-12-32(17-26(28)33)24-5-3-4-21(29)14-24/h3-11,14-15,26H,12-13,16-17H2,1-2H3/t26-,28-/m0/s1. The van der Waals surface area contributed by atoms with Gasteiger partial charge in [-0.3, -0.25) is 4.79 Å². The number of nitrogens with zero attached hydrogens (tertiary/aromatic N) is 4. The van der Waals surface area contributed by atoms with E-state index in [4.69, 9.17) is 28.3 Å². The molecule has 0 radical (unpaired) electrons. The third kappa shape index (κ3) is 3.52. The third-order valence-corrected chi connectivity index (χ3v) is 8.17. The molecule has 3 aliphatic heterocycles. The molecule has 0 N–H and O–H groups in total. The van der Waals surface area contributed by atoms with Gasteiger partial charge in [0.15, 0.2) is 0 Å². The van der Waals surface area contributed by atoms with E-state index in [9.17, 15) is 4.79 Å². The summed E-state index contributed by atoms with van der Waals surface area (Å²) in [5, 5.41) is 7.87. The fraction of sp³-hybridized carbons (Fsp3) is 0.286. The summed E-state index contributed by atoms with van der Waals surface area (Å²) in [7, 11) is 0. The second-order valence-corrected chi connectivity index (χ2v) is 10.6. The Labute approximate surface area is 215 Å². The van der Waals surface area contributed by atoms with Crippen LogP contribution in [0.4, 0.5) is 17.1 Å². The molecule has 2 atom stereocenters. The van der Waals surface area contributed by atoms with E-state index < -0.39 is 5.41 Å². The quantitative estimate of drug-likeness (QED) is 0.431. The van der Waals surface area contributed by atoms with Crippen molar-refractivity contribution in [3.05, 3.63) is 87.9 Å². The number of fused-ring (bicyclic) bond motifs is 4. The van der Waals surface area contributed by atoms with E-state index in [1.807, 2.05) is 68.4 Å². The van der Waals surface area contributed by atoms with E-state index in [0.717, 1.165) is 47.0 Å². The van der Waals surface area contributed by atoms with Crippen molar-refractivity contribution in [3.63, 3.8) is 0 Å². The van der Waals surface area contributed by atoms with Gasteiger partial charge in [-0.25, -0.2) is 0 Å². The number of benzene rings is 3. The van der Waals surface area contributed by atoms with Gasteiger partial charge in [-0.15, -0.1) is 0 Å². The van der Waals surface area contributed by atoms with Crippen molar-refractivity contribution in [2.45, 2.75) is 26.3 Å². The minimum Gasteiger partial charge on any atom is -0.368 e. The van der Waals surface area contributed by atoms with Crippen molar-refractivity contribution in [2.75, 3.05) is 34.4 Å². The van der Waals surface area contributed by atoms with Gasteiger partial charge < -0.3 is 9.80 Å². The average molecular weight is 505 g/mol. The predicted molar refractivity (Wildman–Crippen MR) is 144 cm³/mol. The van der Waals surface area contributed by atoms with E-state index in [2.05, 4.69) is 21.9 Å². The largest absolute Gasteiger partial charge is 0.368 e. The van der Waals surface area contributed by atoms with Gasteiger partial charge in [0.1, 0.15) is 5.41 Å². The van der Waals surface area contributed by atoms with Gasteiger partial charge >= 0.3 is 0 Å². The summed E-state index contributed by atoms with van der Waals surface area (Å²) in [5.41, 5.74) is 5.36. The number of carbonyl (C=O) groups excluding carboxylic acids is 1. The normalized spacial score (nSPS) is 23.4. The molecule has 0 aromatic heterocycles. The Morgan fingerprint density at radius 1 is 0.914 bits per heavy atom. The second kappa shape index (κ2) is 8.28. The maximum absolute atomic E-state index is 14.3. The molecule has 3 aromatic carbocycles. The van der Waals surface area contributed by atoms with Crippen LogP contribution in [0.5, 0.6) is 0 Å². The Bertz CT molecular complexity index is 1360. The summed E-state index contributed by atoms with van der Waals surface area (Å²) in [6.45, 7) is 6.33. The fourth-order valence-corrected chi connectivity index (χ4v) is 6.20. The molecule has 35 heavy (non-hydrogen) atoms. The van der Waals surface area contributed by atoms with E-state index in [-0.39, 0.29) is 11.9 Å². The van der Waals surface area contributed by atoms with Gasteiger partial charge in [0, 0.05) is 41.1 Å². The highest BCUT2D eigenvalue weighted by Crippen LogP contribution is 2.49. The van der Waals surface area contributed by atoms with E-state index in [1.165, 1.54) is 0 Å². The highest BCUT2D eigenvalue weighted by molar-refractivity contribution is 6.31. The first-order chi connectivity index (χ1) is 16.9. The maximum Gasteiger partial charge on any atom is 0.261 e. The molecule has 3 aliphatic rings. The Balaban J connectivity index is 1.45. The second-order valence-electron chi connectivity index (χ2n) is 9.69. The van der Waals surface area contributed by atoms with Crippen molar-refractivity contribution in [1.29, 1.82) is 0 Å². The maximum atomic E-state index is 14.3. The number of carbonyl (C=O) groups is 1. The first-order valence-corrected chi connectivity index (χ1v) is 12.6. The highest BCUT2D eigenvalue weighted by atomic mass is 35.5. The molecule has 1 saturated heterocycles. The average Bonchev–Trinajstić information content (AvgIpc) is 3.10. The van der Waals surface area contributed by atoms with Crippen LogP contribution in [0.1, 0.15) is 18.1 Å². The zero-order valence-electron chi connectivity index (χ0n) is 19.7. The molecular weight excluding hydrogens is 479 g/mol. The molecule has 1 spiro atoms. The Morgan fingerprint density at radius 2 is 1.69 bits per heavy atom. The summed E-state index contributed by atoms with van der Waals surface area (Å²) in [5.74, 6) is 0.0300. The number of aryl methyl sites for hydroxylation is 1. The van der Waals surface area contributed by atoms with Gasteiger partial charge in [-0.05, 0) is 68.3 Å². The van der Waals surface area contributed by atoms with Crippen LogP contribution in [0.15, 0.2) is 71.8 Å². The number of rotatable bonds is 2. The van der Waals surface area contributed by atoms with Crippen LogP contribution >= 0.6 is 23.2 Å². The van der Waals surface area contributed by atoms with Crippen molar-refractivity contribution in [3.8, 4) is 0 Å². The minimum atomic E-state index is -0.761. The van der Waals surface area contributed by atoms with E-state index in [1.54, 1.807) is 5.01 Å².